The van der Waals surface area contributed by atoms with Gasteiger partial charge in [0.05, 0.1) is 46.2 Å². The van der Waals surface area contributed by atoms with Crippen LogP contribution >= 0.6 is 0 Å². The van der Waals surface area contributed by atoms with Crippen molar-refractivity contribution in [2.45, 2.75) is 238 Å². The van der Waals surface area contributed by atoms with Gasteiger partial charge in [0.1, 0.15) is 152 Å². The van der Waals surface area contributed by atoms with Gasteiger partial charge in [-0.05, 0) is 0 Å². The number of nitrogens with one attached hydrogen (secondary N) is 6. The molecule has 6 aliphatic rings. The van der Waals surface area contributed by atoms with Crippen LogP contribution in [0.5, 0.6) is 0 Å². The van der Waals surface area contributed by atoms with E-state index in [4.69, 9.17) is 56.8 Å². The first-order valence-electron chi connectivity index (χ1n) is 28.8. The third-order valence-corrected chi connectivity index (χ3v) is 15.6. The van der Waals surface area contributed by atoms with Crippen LogP contribution in [0.4, 0.5) is 0 Å². The van der Waals surface area contributed by atoms with Crippen molar-refractivity contribution in [1.29, 1.82) is 0 Å². The van der Waals surface area contributed by atoms with Crippen molar-refractivity contribution in [3.05, 3.63) is 0 Å². The third-order valence-electron chi connectivity index (χ3n) is 15.6. The number of aliphatic hydroxyl groups excluding tert-OH is 16. The van der Waals surface area contributed by atoms with Gasteiger partial charge in [-0.2, -0.15) is 0 Å². The van der Waals surface area contributed by atoms with Gasteiger partial charge in [0.15, 0.2) is 44.0 Å². The van der Waals surface area contributed by atoms with Crippen LogP contribution in [0.1, 0.15) is 41.5 Å². The number of carbonyl (C=O) groups excluding carboxylic acids is 6. The molecule has 0 bridgehead atoms. The van der Waals surface area contributed by atoms with Crippen LogP contribution in [-0.4, -0.2) is 360 Å². The van der Waals surface area contributed by atoms with E-state index < -0.39 is 278 Å². The van der Waals surface area contributed by atoms with E-state index in [0.717, 1.165) is 41.5 Å². The molecule has 0 spiro atoms. The summed E-state index contributed by atoms with van der Waals surface area (Å²) in [5.41, 5.74) is 0. The number of hydrogen-bond donors (Lipinski definition) is 22. The van der Waals surface area contributed by atoms with Crippen LogP contribution in [0.3, 0.4) is 0 Å². The maximum Gasteiger partial charge on any atom is 0.217 e. The summed E-state index contributed by atoms with van der Waals surface area (Å²) in [6, 6.07) is -10.4. The van der Waals surface area contributed by atoms with Crippen LogP contribution in [0.25, 0.3) is 0 Å². The Labute approximate surface area is 517 Å². The molecule has 6 amide bonds. The van der Waals surface area contributed by atoms with Gasteiger partial charge < -0.3 is 170 Å². The molecule has 40 heteroatoms. The minimum atomic E-state index is -2.16. The van der Waals surface area contributed by atoms with Gasteiger partial charge in [-0.1, -0.05) is 0 Å². The lowest BCUT2D eigenvalue weighted by Crippen LogP contribution is -2.72. The number of carbonyl (C=O) groups is 6. The topological polar surface area (TPSA) is 609 Å². The lowest BCUT2D eigenvalue weighted by Gasteiger charge is -2.51. The molecule has 22 N–H and O–H groups in total. The minimum absolute atomic E-state index is 0.737. The highest BCUT2D eigenvalue weighted by Crippen LogP contribution is 2.37. The molecule has 0 radical (unpaired) electrons. The van der Waals surface area contributed by atoms with Crippen molar-refractivity contribution in [3.8, 4) is 0 Å². The fourth-order valence-electron chi connectivity index (χ4n) is 11.4. The molecule has 0 aromatic rings. The van der Waals surface area contributed by atoms with E-state index >= 15 is 0 Å². The Morgan fingerprint density at radius 3 is 0.725 bits per heavy atom. The standard InChI is InChI=1S/C51H86N6O34/c1-14(65)52-27-34(73)33(72)21(8-59)80-46(27)86-40-22(9-60)81-47(28(35(40)74)53-15(2)66)87-41-23(10-61)82-48(29(36(41)75)54-16(3)67)88-42-24(11-62)83-49(30(37(42)76)55-17(4)68)89-43-25(12-63)84-50(31(38(43)77)56-18(5)69)90-44-26(13-64)85-51(91-45(79)20(71)7-58)32(39(44)78)57-19(6)70/h20-51,58-64,71-79H,7-13H2,1-6H3,(H,52,65)(H,53,66)(H,54,67)(H,55,68)(H,56,69)(H,57,70)/t20-,21-,22-,23-,24-,25-,26-,27-,28-,29-,30-,31-,32-,33-,34-,35-,36-,37-,38-,39-,40-,41-,42-,43-,44-,45-,46+,47+,48+,49+,50+,51-/m1/s1. The molecule has 0 aliphatic carbocycles. The first-order valence-corrected chi connectivity index (χ1v) is 28.8. The Hall–Kier alpha value is -4.30. The van der Waals surface area contributed by atoms with Crippen molar-refractivity contribution in [1.82, 2.24) is 31.9 Å². The lowest BCUT2D eigenvalue weighted by atomic mass is 9.92. The van der Waals surface area contributed by atoms with E-state index in [1.165, 1.54) is 0 Å². The molecule has 6 aliphatic heterocycles. The van der Waals surface area contributed by atoms with Gasteiger partial charge in [0.2, 0.25) is 35.4 Å². The van der Waals surface area contributed by atoms with Crippen LogP contribution in [-0.2, 0) is 85.6 Å². The SMILES string of the molecule is CC(=O)N[C@H]1[C@H](O[C@H]2[C@H](O)[C@@H](NC(C)=O)[C@H](O[C@H]3[C@H](O)[C@@H](NC(C)=O)[C@@H](O[C@@H](O)[C@H](O)CO)O[C@@H]3CO)O[C@@H]2CO)O[C@H](CO)[C@@H](O[C@@H]2O[C@H](CO)[C@@H](O[C@@H]3O[C@H](CO)[C@@H](O[C@@H]4O[C@H](CO)[C@@H](O)[C@H](O)[C@H]4NC(C)=O)[C@H](O)[C@H]3NC(C)=O)[C@H](O)[C@H]2NC(C)=O)[C@@H]1O. The molecule has 6 saturated heterocycles. The minimum Gasteiger partial charge on any atom is -0.394 e. The molecule has 524 valence electrons. The average molecular weight is 1330 g/mol. The monoisotopic (exact) mass is 1330 g/mol. The van der Waals surface area contributed by atoms with E-state index in [0.29, 0.717) is 0 Å². The van der Waals surface area contributed by atoms with Gasteiger partial charge in [-0.25, -0.2) is 0 Å². The highest BCUT2D eigenvalue weighted by atomic mass is 16.8. The number of aliphatic hydroxyl groups is 16. The summed E-state index contributed by atoms with van der Waals surface area (Å²) in [6.45, 7) is -0.951. The summed E-state index contributed by atoms with van der Waals surface area (Å²) < 4.78 is 71.2. The summed E-state index contributed by atoms with van der Waals surface area (Å²) in [5.74, 6) is -4.95. The molecule has 6 heterocycles. The van der Waals surface area contributed by atoms with E-state index in [9.17, 15) is 110 Å². The second-order valence-corrected chi connectivity index (χ2v) is 22.4. The summed E-state index contributed by atoms with van der Waals surface area (Å²) >= 11 is 0. The molecule has 40 nitrogen and oxygen atoms in total. The third kappa shape index (κ3) is 18.2. The van der Waals surface area contributed by atoms with Crippen molar-refractivity contribution >= 4 is 35.4 Å². The Bertz CT molecular complexity index is 2380. The maximum absolute atomic E-state index is 12.9. The van der Waals surface area contributed by atoms with Crippen molar-refractivity contribution < 1.29 is 167 Å². The van der Waals surface area contributed by atoms with Crippen LogP contribution in [0.15, 0.2) is 0 Å². The zero-order valence-electron chi connectivity index (χ0n) is 49.9. The van der Waals surface area contributed by atoms with Gasteiger partial charge in [0.25, 0.3) is 0 Å². The van der Waals surface area contributed by atoms with Gasteiger partial charge in [-0.3, -0.25) is 28.8 Å². The summed E-state index contributed by atoms with van der Waals surface area (Å²) in [4.78, 5) is 75.6. The normalized spacial score (nSPS) is 42.7. The van der Waals surface area contributed by atoms with Gasteiger partial charge in [0, 0.05) is 41.5 Å². The molecule has 0 unspecified atom stereocenters. The zero-order valence-corrected chi connectivity index (χ0v) is 49.9. The Balaban J connectivity index is 1.23. The zero-order chi connectivity index (χ0) is 67.6. The Morgan fingerprint density at radius 2 is 0.516 bits per heavy atom. The Morgan fingerprint density at radius 1 is 0.319 bits per heavy atom. The highest BCUT2D eigenvalue weighted by Gasteiger charge is 2.59. The fraction of sp³-hybridized carbons (Fsp3) is 0.882. The highest BCUT2D eigenvalue weighted by molar-refractivity contribution is 5.75. The molecule has 6 rings (SSSR count). The second-order valence-electron chi connectivity index (χ2n) is 22.4. The lowest BCUT2D eigenvalue weighted by molar-refractivity contribution is -0.372. The first kappa shape index (κ1) is 75.7. The predicted octanol–water partition coefficient (Wildman–Crippen LogP) is -14.5. The van der Waals surface area contributed by atoms with E-state index in [1.807, 2.05) is 0 Å². The van der Waals surface area contributed by atoms with E-state index in [-0.39, 0.29) is 0 Å². The van der Waals surface area contributed by atoms with E-state index in [1.54, 1.807) is 0 Å². The molecule has 0 aromatic heterocycles. The van der Waals surface area contributed by atoms with Crippen LogP contribution in [0.2, 0.25) is 0 Å². The van der Waals surface area contributed by atoms with Gasteiger partial charge >= 0.3 is 0 Å². The Kier molecular flexibility index (Phi) is 28.2. The largest absolute Gasteiger partial charge is 0.394 e. The maximum atomic E-state index is 12.9. The number of hydrogen-bond acceptors (Lipinski definition) is 34. The van der Waals surface area contributed by atoms with Crippen LogP contribution < -0.4 is 31.9 Å². The smallest absolute Gasteiger partial charge is 0.217 e. The number of ether oxygens (including phenoxy) is 12. The molecule has 0 aromatic carbocycles. The van der Waals surface area contributed by atoms with Crippen LogP contribution in [0, 0.1) is 0 Å². The van der Waals surface area contributed by atoms with Crippen molar-refractivity contribution in [2.75, 3.05) is 46.2 Å². The molecular weight excluding hydrogens is 1240 g/mol. The quantitative estimate of drug-likeness (QED) is 0.0358. The van der Waals surface area contributed by atoms with Crippen molar-refractivity contribution in [3.63, 3.8) is 0 Å². The predicted molar refractivity (Wildman–Crippen MR) is 287 cm³/mol. The van der Waals surface area contributed by atoms with E-state index in [2.05, 4.69) is 31.9 Å². The van der Waals surface area contributed by atoms with Crippen molar-refractivity contribution in [2.24, 2.45) is 0 Å². The average Bonchev–Trinajstić information content (AvgIpc) is 0.852. The second kappa shape index (κ2) is 33.9. The number of rotatable bonds is 26. The molecule has 6 fully saturated rings. The summed E-state index contributed by atoms with van der Waals surface area (Å²) in [5, 5.41) is 188. The molecule has 32 atom stereocenters. The van der Waals surface area contributed by atoms with Gasteiger partial charge in [-0.15, -0.1) is 0 Å². The molecular formula is C51H86N6O34. The first-order chi connectivity index (χ1) is 43.0. The summed E-state index contributed by atoms with van der Waals surface area (Å²) in [6.07, 6.45) is -48.5. The molecule has 91 heavy (non-hydrogen) atoms. The summed E-state index contributed by atoms with van der Waals surface area (Å²) in [7, 11) is 0. The fourth-order valence-corrected chi connectivity index (χ4v) is 11.4. The molecule has 0 saturated carbocycles. The number of amides is 6.